The van der Waals surface area contributed by atoms with Crippen molar-refractivity contribution in [3.05, 3.63) is 99.6 Å². The van der Waals surface area contributed by atoms with Crippen molar-refractivity contribution in [3.63, 3.8) is 0 Å². The maximum Gasteiger partial charge on any atom is 0.430 e. The summed E-state index contributed by atoms with van der Waals surface area (Å²) in [7, 11) is 0. The van der Waals surface area contributed by atoms with Crippen LogP contribution in [-0.4, -0.2) is 22.0 Å². The first-order valence-electron chi connectivity index (χ1n) is 9.86. The molecule has 0 unspecified atom stereocenters. The van der Waals surface area contributed by atoms with E-state index in [4.69, 9.17) is 44.3 Å². The number of anilines is 1. The number of ether oxygens (including phenoxy) is 2. The molecule has 35 heavy (non-hydrogen) atoms. The lowest BCUT2D eigenvalue weighted by molar-refractivity contribution is 0.190. The lowest BCUT2D eigenvalue weighted by atomic mass is 10.2. The number of rotatable bonds is 4. The van der Waals surface area contributed by atoms with Gasteiger partial charge in [0.15, 0.2) is 11.6 Å². The molecule has 11 heteroatoms. The standard InChI is InChI=1S/C24H13Cl3N4O4/c25-17-10-11-18(22(27)21(17)26)31-20(12-13-29-31)30(23(32)34-16-7-2-1-3-8-16)24(33)35-19-9-5-4-6-15(19)14-28/h1-13H. The minimum absolute atomic E-state index is 0.0451. The fraction of sp³-hybridized carbons (Fsp3) is 0. The van der Waals surface area contributed by atoms with Gasteiger partial charge in [-0.15, -0.1) is 0 Å². The highest BCUT2D eigenvalue weighted by atomic mass is 35.5. The highest BCUT2D eigenvalue weighted by Gasteiger charge is 2.32. The number of nitriles is 1. The molecule has 1 aromatic heterocycles. The molecule has 0 saturated carbocycles. The quantitative estimate of drug-likeness (QED) is 0.268. The van der Waals surface area contributed by atoms with Crippen molar-refractivity contribution < 1.29 is 19.1 Å². The number of carbonyl (C=O) groups excluding carboxylic acids is 2. The summed E-state index contributed by atoms with van der Waals surface area (Å²) in [6.07, 6.45) is -0.895. The van der Waals surface area contributed by atoms with E-state index in [1.807, 2.05) is 6.07 Å². The molecule has 0 fully saturated rings. The Morgan fingerprint density at radius 3 is 2.29 bits per heavy atom. The van der Waals surface area contributed by atoms with Gasteiger partial charge in [-0.25, -0.2) is 14.3 Å². The Labute approximate surface area is 214 Å². The van der Waals surface area contributed by atoms with Crippen LogP contribution in [0.3, 0.4) is 0 Å². The Bertz CT molecular complexity index is 1450. The van der Waals surface area contributed by atoms with Crippen molar-refractivity contribution in [1.29, 1.82) is 5.26 Å². The molecule has 4 rings (SSSR count). The Balaban J connectivity index is 1.78. The molecule has 4 aromatic rings. The van der Waals surface area contributed by atoms with Crippen LogP contribution in [0.15, 0.2) is 79.0 Å². The first-order valence-corrected chi connectivity index (χ1v) is 11.0. The molecule has 0 atom stereocenters. The molecule has 8 nitrogen and oxygen atoms in total. The summed E-state index contributed by atoms with van der Waals surface area (Å²) in [4.78, 5) is 27.1. The summed E-state index contributed by atoms with van der Waals surface area (Å²) >= 11 is 18.6. The van der Waals surface area contributed by atoms with Gasteiger partial charge in [0.2, 0.25) is 0 Å². The van der Waals surface area contributed by atoms with Gasteiger partial charge in [-0.05, 0) is 36.4 Å². The average Bonchev–Trinajstić information content (AvgIpc) is 3.32. The lowest BCUT2D eigenvalue weighted by Gasteiger charge is -2.21. The van der Waals surface area contributed by atoms with E-state index < -0.39 is 12.2 Å². The van der Waals surface area contributed by atoms with Gasteiger partial charge in [0.1, 0.15) is 11.8 Å². The minimum Gasteiger partial charge on any atom is -0.410 e. The number of carbonyl (C=O) groups is 2. The maximum atomic E-state index is 13.3. The van der Waals surface area contributed by atoms with Gasteiger partial charge in [-0.3, -0.25) is 0 Å². The molecule has 0 spiro atoms. The fourth-order valence-electron chi connectivity index (χ4n) is 3.01. The normalized spacial score (nSPS) is 10.3. The molecule has 3 aromatic carbocycles. The number of nitrogens with zero attached hydrogens (tertiary/aromatic N) is 4. The van der Waals surface area contributed by atoms with Crippen LogP contribution < -0.4 is 14.4 Å². The first kappa shape index (κ1) is 24.1. The largest absolute Gasteiger partial charge is 0.430 e. The molecule has 0 aliphatic heterocycles. The average molecular weight is 528 g/mol. The SMILES string of the molecule is N#Cc1ccccc1OC(=O)N(C(=O)Oc1ccccc1)c1ccnn1-c1ccc(Cl)c(Cl)c1Cl. The molecule has 0 radical (unpaired) electrons. The molecular weight excluding hydrogens is 515 g/mol. The summed E-state index contributed by atoms with van der Waals surface area (Å²) in [5.74, 6) is 0.0770. The summed E-state index contributed by atoms with van der Waals surface area (Å²) in [5.41, 5.74) is 0.335. The zero-order valence-corrected chi connectivity index (χ0v) is 19.8. The van der Waals surface area contributed by atoms with Crippen LogP contribution in [0.4, 0.5) is 15.4 Å². The van der Waals surface area contributed by atoms with Crippen molar-refractivity contribution in [2.45, 2.75) is 0 Å². The summed E-state index contributed by atoms with van der Waals surface area (Å²) in [5, 5.41) is 13.8. The summed E-state index contributed by atoms with van der Waals surface area (Å²) in [6, 6.07) is 20.5. The van der Waals surface area contributed by atoms with E-state index in [1.165, 1.54) is 41.2 Å². The van der Waals surface area contributed by atoms with Gasteiger partial charge in [0.25, 0.3) is 0 Å². The van der Waals surface area contributed by atoms with Crippen LogP contribution in [0.2, 0.25) is 15.1 Å². The van der Waals surface area contributed by atoms with E-state index in [0.29, 0.717) is 4.90 Å². The Morgan fingerprint density at radius 2 is 1.54 bits per heavy atom. The number of imide groups is 1. The van der Waals surface area contributed by atoms with Crippen LogP contribution in [-0.2, 0) is 0 Å². The number of aromatic nitrogens is 2. The molecule has 0 N–H and O–H groups in total. The van der Waals surface area contributed by atoms with E-state index >= 15 is 0 Å². The highest BCUT2D eigenvalue weighted by Crippen LogP contribution is 2.36. The monoisotopic (exact) mass is 526 g/mol. The molecular formula is C24H13Cl3N4O4. The smallest absolute Gasteiger partial charge is 0.410 e. The molecule has 0 aliphatic rings. The first-order chi connectivity index (χ1) is 16.9. The zero-order valence-electron chi connectivity index (χ0n) is 17.6. The summed E-state index contributed by atoms with van der Waals surface area (Å²) < 4.78 is 12.0. The van der Waals surface area contributed by atoms with Gasteiger partial charge < -0.3 is 9.47 Å². The predicted molar refractivity (Wildman–Crippen MR) is 131 cm³/mol. The zero-order chi connectivity index (χ0) is 24.9. The molecule has 0 saturated heterocycles. The third-order valence-corrected chi connectivity index (χ3v) is 5.90. The second-order valence-corrected chi connectivity index (χ2v) is 7.95. The van der Waals surface area contributed by atoms with Crippen molar-refractivity contribution in [3.8, 4) is 23.3 Å². The fourth-order valence-corrected chi connectivity index (χ4v) is 3.63. The second-order valence-electron chi connectivity index (χ2n) is 6.79. The van der Waals surface area contributed by atoms with E-state index in [2.05, 4.69) is 5.10 Å². The van der Waals surface area contributed by atoms with Crippen molar-refractivity contribution in [2.75, 3.05) is 4.90 Å². The van der Waals surface area contributed by atoms with Crippen molar-refractivity contribution in [2.24, 2.45) is 0 Å². The van der Waals surface area contributed by atoms with E-state index in [-0.39, 0.29) is 43.6 Å². The number of para-hydroxylation sites is 2. The van der Waals surface area contributed by atoms with E-state index in [0.717, 1.165) is 0 Å². The Morgan fingerprint density at radius 1 is 0.857 bits per heavy atom. The molecule has 174 valence electrons. The third-order valence-electron chi connectivity index (χ3n) is 4.61. The maximum absolute atomic E-state index is 13.3. The van der Waals surface area contributed by atoms with Gasteiger partial charge >= 0.3 is 12.2 Å². The third kappa shape index (κ3) is 5.08. The van der Waals surface area contributed by atoms with Crippen LogP contribution in [0.1, 0.15) is 5.56 Å². The topological polar surface area (TPSA) is 97.5 Å². The van der Waals surface area contributed by atoms with Gasteiger partial charge in [0.05, 0.1) is 32.5 Å². The van der Waals surface area contributed by atoms with Crippen LogP contribution in [0, 0.1) is 11.3 Å². The lowest BCUT2D eigenvalue weighted by Crippen LogP contribution is -2.42. The number of halogens is 3. The minimum atomic E-state index is -1.15. The molecule has 0 aliphatic carbocycles. The highest BCUT2D eigenvalue weighted by molar-refractivity contribution is 6.48. The van der Waals surface area contributed by atoms with E-state index in [1.54, 1.807) is 42.5 Å². The molecule has 1 heterocycles. The van der Waals surface area contributed by atoms with Gasteiger partial charge in [-0.1, -0.05) is 65.1 Å². The Hall–Kier alpha value is -4.03. The second kappa shape index (κ2) is 10.5. The molecule has 2 amide bonds. The van der Waals surface area contributed by atoms with Crippen molar-refractivity contribution >= 4 is 52.8 Å². The van der Waals surface area contributed by atoms with Gasteiger partial charge in [-0.2, -0.15) is 15.3 Å². The predicted octanol–water partition coefficient (Wildman–Crippen LogP) is 6.91. The Kier molecular flexibility index (Phi) is 7.22. The number of amides is 2. The number of benzene rings is 3. The number of hydrogen-bond acceptors (Lipinski definition) is 6. The summed E-state index contributed by atoms with van der Waals surface area (Å²) in [6.45, 7) is 0. The van der Waals surface area contributed by atoms with Crippen LogP contribution in [0.5, 0.6) is 11.5 Å². The van der Waals surface area contributed by atoms with Crippen LogP contribution in [0.25, 0.3) is 5.69 Å². The van der Waals surface area contributed by atoms with E-state index in [9.17, 15) is 14.9 Å². The number of hydrogen-bond donors (Lipinski definition) is 0. The van der Waals surface area contributed by atoms with Crippen LogP contribution >= 0.6 is 34.8 Å². The van der Waals surface area contributed by atoms with Gasteiger partial charge in [0, 0.05) is 6.07 Å². The van der Waals surface area contributed by atoms with Crippen molar-refractivity contribution in [1.82, 2.24) is 9.78 Å². The molecule has 0 bridgehead atoms.